The Morgan fingerprint density at radius 3 is 2.83 bits per heavy atom. The second kappa shape index (κ2) is 6.72. The molecule has 1 aromatic carbocycles. The number of aryl methyl sites for hydroxylation is 2. The van der Waals surface area contributed by atoms with E-state index in [1.54, 1.807) is 18.2 Å². The van der Waals surface area contributed by atoms with Crippen LogP contribution in [0.5, 0.6) is 0 Å². The summed E-state index contributed by atoms with van der Waals surface area (Å²) in [6, 6.07) is 6.34. The highest BCUT2D eigenvalue weighted by Crippen LogP contribution is 2.22. The van der Waals surface area contributed by atoms with Crippen molar-refractivity contribution < 1.29 is 4.79 Å². The number of carbonyl (C=O) groups excluding carboxylic acids is 1. The summed E-state index contributed by atoms with van der Waals surface area (Å²) in [4.78, 5) is 24.0. The Morgan fingerprint density at radius 1 is 1.22 bits per heavy atom. The smallest absolute Gasteiger partial charge is 0.267 e. The highest BCUT2D eigenvalue weighted by atomic mass is 35.5. The lowest BCUT2D eigenvalue weighted by Gasteiger charge is -2.09. The van der Waals surface area contributed by atoms with Crippen LogP contribution in [-0.4, -0.2) is 22.2 Å². The van der Waals surface area contributed by atoms with Gasteiger partial charge >= 0.3 is 0 Å². The number of hydrogen-bond donors (Lipinski definition) is 1. The molecule has 1 aromatic heterocycles. The lowest BCUT2D eigenvalue weighted by Crippen LogP contribution is -2.32. The van der Waals surface area contributed by atoms with Crippen molar-refractivity contribution in [3.8, 4) is 0 Å². The summed E-state index contributed by atoms with van der Waals surface area (Å²) < 4.78 is 1.40. The molecule has 1 amide bonds. The highest BCUT2D eigenvalue weighted by molar-refractivity contribution is 6.42. The normalized spacial score (nSPS) is 13.0. The third kappa shape index (κ3) is 3.57. The SMILES string of the molecule is O=C(NCCn1nc2c(cc1=O)CCC2)c1ccc(Cl)c(Cl)c1. The van der Waals surface area contributed by atoms with E-state index in [4.69, 9.17) is 23.2 Å². The van der Waals surface area contributed by atoms with Gasteiger partial charge in [0.2, 0.25) is 0 Å². The van der Waals surface area contributed by atoms with Crippen molar-refractivity contribution in [3.05, 3.63) is 61.5 Å². The number of aromatic nitrogens is 2. The molecule has 0 bridgehead atoms. The summed E-state index contributed by atoms with van der Waals surface area (Å²) in [5, 5.41) is 7.84. The maximum atomic E-state index is 12.0. The fourth-order valence-corrected chi connectivity index (χ4v) is 2.91. The molecule has 1 aliphatic carbocycles. The zero-order valence-corrected chi connectivity index (χ0v) is 13.8. The van der Waals surface area contributed by atoms with Crippen LogP contribution in [0.4, 0.5) is 0 Å². The molecule has 0 saturated heterocycles. The van der Waals surface area contributed by atoms with E-state index >= 15 is 0 Å². The molecule has 120 valence electrons. The number of hydrogen-bond acceptors (Lipinski definition) is 3. The first-order valence-corrected chi connectivity index (χ1v) is 8.13. The molecule has 1 heterocycles. The fraction of sp³-hybridized carbons (Fsp3) is 0.312. The van der Waals surface area contributed by atoms with Crippen LogP contribution in [0.3, 0.4) is 0 Å². The molecule has 3 rings (SSSR count). The summed E-state index contributed by atoms with van der Waals surface area (Å²) >= 11 is 11.7. The predicted molar refractivity (Wildman–Crippen MR) is 89.3 cm³/mol. The maximum absolute atomic E-state index is 12.0. The van der Waals surface area contributed by atoms with Crippen LogP contribution < -0.4 is 10.9 Å². The van der Waals surface area contributed by atoms with Crippen LogP contribution in [0, 0.1) is 0 Å². The quantitative estimate of drug-likeness (QED) is 0.920. The molecule has 0 atom stereocenters. The van der Waals surface area contributed by atoms with Crippen LogP contribution >= 0.6 is 23.2 Å². The first-order valence-electron chi connectivity index (χ1n) is 7.38. The molecule has 0 unspecified atom stereocenters. The number of rotatable bonds is 4. The van der Waals surface area contributed by atoms with E-state index in [-0.39, 0.29) is 11.5 Å². The van der Waals surface area contributed by atoms with Crippen molar-refractivity contribution in [2.45, 2.75) is 25.8 Å². The van der Waals surface area contributed by atoms with Crippen LogP contribution in [0.1, 0.15) is 28.0 Å². The topological polar surface area (TPSA) is 64.0 Å². The Bertz CT molecular complexity index is 817. The van der Waals surface area contributed by atoms with Crippen molar-refractivity contribution in [2.24, 2.45) is 0 Å². The van der Waals surface area contributed by atoms with Crippen LogP contribution in [0.2, 0.25) is 10.0 Å². The Balaban J connectivity index is 1.62. The largest absolute Gasteiger partial charge is 0.350 e. The van der Waals surface area contributed by atoms with E-state index in [0.717, 1.165) is 30.5 Å². The van der Waals surface area contributed by atoms with Crippen molar-refractivity contribution in [1.29, 1.82) is 0 Å². The number of halogens is 2. The van der Waals surface area contributed by atoms with Crippen LogP contribution in [0.25, 0.3) is 0 Å². The third-order valence-corrected chi connectivity index (χ3v) is 4.55. The second-order valence-corrected chi connectivity index (χ2v) is 6.23. The van der Waals surface area contributed by atoms with Crippen molar-refractivity contribution in [1.82, 2.24) is 15.1 Å². The third-order valence-electron chi connectivity index (χ3n) is 3.81. The summed E-state index contributed by atoms with van der Waals surface area (Å²) in [5.74, 6) is -0.266. The molecule has 7 heteroatoms. The number of nitrogens with zero attached hydrogens (tertiary/aromatic N) is 2. The van der Waals surface area contributed by atoms with Gasteiger partial charge in [0.15, 0.2) is 0 Å². The molecule has 5 nitrogen and oxygen atoms in total. The van der Waals surface area contributed by atoms with Gasteiger partial charge in [-0.05, 0) is 43.0 Å². The van der Waals surface area contributed by atoms with Crippen molar-refractivity contribution >= 4 is 29.1 Å². The summed E-state index contributed by atoms with van der Waals surface area (Å²) in [6.07, 6.45) is 2.87. The number of benzene rings is 1. The Kier molecular flexibility index (Phi) is 4.68. The molecule has 1 N–H and O–H groups in total. The van der Waals surface area contributed by atoms with Gasteiger partial charge in [-0.15, -0.1) is 0 Å². The lowest BCUT2D eigenvalue weighted by molar-refractivity contribution is 0.0951. The van der Waals surface area contributed by atoms with E-state index in [1.165, 1.54) is 10.7 Å². The van der Waals surface area contributed by atoms with Gasteiger partial charge in [0.05, 0.1) is 22.3 Å². The minimum Gasteiger partial charge on any atom is -0.350 e. The van der Waals surface area contributed by atoms with Gasteiger partial charge in [0.1, 0.15) is 0 Å². The maximum Gasteiger partial charge on any atom is 0.267 e. The fourth-order valence-electron chi connectivity index (χ4n) is 2.61. The van der Waals surface area contributed by atoms with Crippen molar-refractivity contribution in [2.75, 3.05) is 6.54 Å². The minimum absolute atomic E-state index is 0.130. The van der Waals surface area contributed by atoms with Gasteiger partial charge in [-0.2, -0.15) is 5.10 Å². The number of nitrogens with one attached hydrogen (secondary N) is 1. The van der Waals surface area contributed by atoms with Gasteiger partial charge < -0.3 is 5.32 Å². The molecular formula is C16H15Cl2N3O2. The zero-order chi connectivity index (χ0) is 16.4. The Hall–Kier alpha value is -1.85. The van der Waals surface area contributed by atoms with Gasteiger partial charge in [-0.1, -0.05) is 23.2 Å². The molecule has 0 aliphatic heterocycles. The Labute approximate surface area is 143 Å². The van der Waals surface area contributed by atoms with Gasteiger partial charge in [-0.25, -0.2) is 4.68 Å². The molecule has 0 fully saturated rings. The highest BCUT2D eigenvalue weighted by Gasteiger charge is 2.14. The molecule has 1 aliphatic rings. The molecular weight excluding hydrogens is 337 g/mol. The molecule has 0 spiro atoms. The zero-order valence-electron chi connectivity index (χ0n) is 12.3. The van der Waals surface area contributed by atoms with Crippen LogP contribution in [0.15, 0.2) is 29.1 Å². The standard InChI is InChI=1S/C16H15Cl2N3O2/c17-12-5-4-11(8-13(12)18)16(23)19-6-7-21-15(22)9-10-2-1-3-14(10)20-21/h4-5,8-9H,1-3,6-7H2,(H,19,23). The van der Waals surface area contributed by atoms with Gasteiger partial charge in [0.25, 0.3) is 11.5 Å². The first kappa shape index (κ1) is 16.0. The average Bonchev–Trinajstić information content (AvgIpc) is 2.97. The predicted octanol–water partition coefficient (Wildman–Crippen LogP) is 2.47. The van der Waals surface area contributed by atoms with E-state index in [2.05, 4.69) is 10.4 Å². The van der Waals surface area contributed by atoms with Gasteiger partial charge in [-0.3, -0.25) is 9.59 Å². The molecule has 23 heavy (non-hydrogen) atoms. The lowest BCUT2D eigenvalue weighted by atomic mass is 10.2. The monoisotopic (exact) mass is 351 g/mol. The van der Waals surface area contributed by atoms with Crippen LogP contribution in [-0.2, 0) is 19.4 Å². The molecule has 0 saturated carbocycles. The first-order chi connectivity index (χ1) is 11.0. The number of fused-ring (bicyclic) bond motifs is 1. The van der Waals surface area contributed by atoms with E-state index in [0.29, 0.717) is 28.7 Å². The number of carbonyl (C=O) groups is 1. The van der Waals surface area contributed by atoms with E-state index < -0.39 is 0 Å². The second-order valence-electron chi connectivity index (χ2n) is 5.42. The number of amides is 1. The summed E-state index contributed by atoms with van der Waals surface area (Å²) in [5.41, 5.74) is 2.33. The summed E-state index contributed by atoms with van der Waals surface area (Å²) in [7, 11) is 0. The van der Waals surface area contributed by atoms with Crippen molar-refractivity contribution in [3.63, 3.8) is 0 Å². The Morgan fingerprint density at radius 2 is 2.04 bits per heavy atom. The minimum atomic E-state index is -0.266. The molecule has 2 aromatic rings. The van der Waals surface area contributed by atoms with E-state index in [1.807, 2.05) is 0 Å². The average molecular weight is 352 g/mol. The molecule has 0 radical (unpaired) electrons. The summed E-state index contributed by atoms with van der Waals surface area (Å²) in [6.45, 7) is 0.643. The van der Waals surface area contributed by atoms with E-state index in [9.17, 15) is 9.59 Å². The van der Waals surface area contributed by atoms with Gasteiger partial charge in [0, 0.05) is 18.2 Å².